The van der Waals surface area contributed by atoms with Crippen LogP contribution >= 0.6 is 34.5 Å². The first-order chi connectivity index (χ1) is 9.22. The Labute approximate surface area is 125 Å². The molecule has 0 saturated carbocycles. The highest BCUT2D eigenvalue weighted by molar-refractivity contribution is 7.10. The van der Waals surface area contributed by atoms with Gasteiger partial charge < -0.3 is 4.74 Å². The van der Waals surface area contributed by atoms with Gasteiger partial charge in [0.05, 0.1) is 12.2 Å². The van der Waals surface area contributed by atoms with Crippen LogP contribution in [0.25, 0.3) is 0 Å². The number of halogens is 1. The molecule has 2 aromatic rings. The van der Waals surface area contributed by atoms with Gasteiger partial charge in [-0.2, -0.15) is 11.3 Å². The van der Waals surface area contributed by atoms with Gasteiger partial charge in [-0.15, -0.1) is 5.10 Å². The average Bonchev–Trinajstić information content (AvgIpc) is 3.01. The summed E-state index contributed by atoms with van der Waals surface area (Å²) in [5.74, 6) is 0. The van der Waals surface area contributed by atoms with Crippen LogP contribution in [0.5, 0.6) is 0 Å². The van der Waals surface area contributed by atoms with E-state index in [1.807, 2.05) is 0 Å². The molecule has 19 heavy (non-hydrogen) atoms. The molecule has 0 amide bonds. The third-order valence-corrected chi connectivity index (χ3v) is 4.82. The van der Waals surface area contributed by atoms with Gasteiger partial charge in [-0.1, -0.05) is 16.1 Å². The van der Waals surface area contributed by atoms with Crippen molar-refractivity contribution >= 4 is 34.5 Å². The molecule has 0 bridgehead atoms. The Morgan fingerprint density at radius 1 is 1.53 bits per heavy atom. The zero-order valence-electron chi connectivity index (χ0n) is 10.5. The van der Waals surface area contributed by atoms with Gasteiger partial charge in [0.2, 0.25) is 0 Å². The Morgan fingerprint density at radius 2 is 2.42 bits per heavy atom. The minimum absolute atomic E-state index is 0.139. The van der Waals surface area contributed by atoms with Crippen molar-refractivity contribution in [2.24, 2.45) is 0 Å². The predicted octanol–water partition coefficient (Wildman–Crippen LogP) is 3.22. The second kappa shape index (κ2) is 5.85. The molecule has 0 radical (unpaired) electrons. The number of rotatable bonds is 3. The number of hydrogen-bond acceptors (Lipinski definition) is 6. The number of nitrogens with zero attached hydrogens (tertiary/aromatic N) is 3. The first kappa shape index (κ1) is 13.5. The molecule has 1 fully saturated rings. The topological polar surface area (TPSA) is 38.2 Å². The maximum absolute atomic E-state index is 6.07. The second-order valence-electron chi connectivity index (χ2n) is 4.68. The fraction of sp³-hybridized carbons (Fsp3) is 0.500. The Balaban J connectivity index is 1.70. The van der Waals surface area contributed by atoms with Gasteiger partial charge in [0, 0.05) is 31.2 Å². The minimum Gasteiger partial charge on any atom is -0.368 e. The van der Waals surface area contributed by atoms with Crippen LogP contribution in [0.1, 0.15) is 24.3 Å². The quantitative estimate of drug-likeness (QED) is 0.871. The van der Waals surface area contributed by atoms with Crippen LogP contribution in [0.4, 0.5) is 0 Å². The smallest absolute Gasteiger partial charge is 0.138 e. The molecule has 1 aliphatic heterocycles. The van der Waals surface area contributed by atoms with E-state index in [0.29, 0.717) is 4.34 Å². The predicted molar refractivity (Wildman–Crippen MR) is 77.8 cm³/mol. The molecule has 0 N–H and O–H groups in total. The Bertz CT molecular complexity index is 531. The standard InChI is InChI=1S/C12H14ClN3OS2/c1-8-4-16(5-10-12(13)19-15-14-10)6-11(17-8)9-2-3-18-7-9/h2-3,7-8,11H,4-6H2,1H3/t8-,11+/m1/s1. The molecule has 1 aliphatic rings. The summed E-state index contributed by atoms with van der Waals surface area (Å²) in [6.45, 7) is 4.61. The first-order valence-electron chi connectivity index (χ1n) is 6.09. The van der Waals surface area contributed by atoms with Gasteiger partial charge in [-0.05, 0) is 29.3 Å². The third kappa shape index (κ3) is 3.14. The Morgan fingerprint density at radius 3 is 3.11 bits per heavy atom. The minimum atomic E-state index is 0.139. The average molecular weight is 316 g/mol. The van der Waals surface area contributed by atoms with E-state index in [2.05, 4.69) is 38.2 Å². The monoisotopic (exact) mass is 315 g/mol. The number of aromatic nitrogens is 2. The summed E-state index contributed by atoms with van der Waals surface area (Å²) in [6.07, 6.45) is 0.351. The first-order valence-corrected chi connectivity index (χ1v) is 8.18. The fourth-order valence-electron chi connectivity index (χ4n) is 2.31. The molecule has 0 unspecified atom stereocenters. The van der Waals surface area contributed by atoms with Crippen LogP contribution in [-0.2, 0) is 11.3 Å². The van der Waals surface area contributed by atoms with E-state index in [0.717, 1.165) is 25.3 Å². The zero-order valence-corrected chi connectivity index (χ0v) is 12.8. The molecule has 7 heteroatoms. The van der Waals surface area contributed by atoms with E-state index in [-0.39, 0.29) is 12.2 Å². The third-order valence-electron chi connectivity index (χ3n) is 3.13. The number of ether oxygens (including phenoxy) is 1. The zero-order chi connectivity index (χ0) is 13.2. The largest absolute Gasteiger partial charge is 0.368 e. The molecule has 0 spiro atoms. The summed E-state index contributed by atoms with van der Waals surface area (Å²) in [7, 11) is 0. The van der Waals surface area contributed by atoms with Crippen molar-refractivity contribution in [1.82, 2.24) is 14.5 Å². The van der Waals surface area contributed by atoms with Crippen LogP contribution in [0, 0.1) is 0 Å². The van der Waals surface area contributed by atoms with Crippen molar-refractivity contribution in [1.29, 1.82) is 0 Å². The van der Waals surface area contributed by atoms with Gasteiger partial charge in [0.15, 0.2) is 0 Å². The second-order valence-corrected chi connectivity index (χ2v) is 6.82. The molecule has 0 aromatic carbocycles. The Hall–Kier alpha value is -0.530. The lowest BCUT2D eigenvalue weighted by Gasteiger charge is -2.36. The summed E-state index contributed by atoms with van der Waals surface area (Å²) in [4.78, 5) is 2.33. The molecular formula is C12H14ClN3OS2. The van der Waals surface area contributed by atoms with Gasteiger partial charge in [0.1, 0.15) is 10.0 Å². The highest BCUT2D eigenvalue weighted by Crippen LogP contribution is 2.28. The van der Waals surface area contributed by atoms with Crippen molar-refractivity contribution < 1.29 is 4.74 Å². The number of thiophene rings is 1. The van der Waals surface area contributed by atoms with E-state index in [9.17, 15) is 0 Å². The van der Waals surface area contributed by atoms with Crippen molar-refractivity contribution in [2.75, 3.05) is 13.1 Å². The summed E-state index contributed by atoms with van der Waals surface area (Å²) >= 11 is 9.01. The molecule has 2 atom stereocenters. The molecule has 102 valence electrons. The number of hydrogen-bond donors (Lipinski definition) is 0. The lowest BCUT2D eigenvalue weighted by Crippen LogP contribution is -2.42. The summed E-state index contributed by atoms with van der Waals surface area (Å²) in [5, 5.41) is 8.32. The lowest BCUT2D eigenvalue weighted by molar-refractivity contribution is -0.0815. The summed E-state index contributed by atoms with van der Waals surface area (Å²) in [6, 6.07) is 2.13. The Kier molecular flexibility index (Phi) is 4.14. The fourth-order valence-corrected chi connectivity index (χ4v) is 3.63. The lowest BCUT2D eigenvalue weighted by atomic mass is 10.1. The van der Waals surface area contributed by atoms with E-state index in [1.165, 1.54) is 17.1 Å². The maximum Gasteiger partial charge on any atom is 0.138 e. The van der Waals surface area contributed by atoms with Gasteiger partial charge in [-0.3, -0.25) is 4.90 Å². The SMILES string of the molecule is C[C@@H]1CN(Cc2nnsc2Cl)C[C@@H](c2ccsc2)O1. The van der Waals surface area contributed by atoms with Crippen LogP contribution in [0.2, 0.25) is 4.34 Å². The van der Waals surface area contributed by atoms with E-state index >= 15 is 0 Å². The van der Waals surface area contributed by atoms with E-state index in [4.69, 9.17) is 16.3 Å². The number of morpholine rings is 1. The van der Waals surface area contributed by atoms with Crippen molar-refractivity contribution in [2.45, 2.75) is 25.7 Å². The molecule has 0 aliphatic carbocycles. The molecule has 3 heterocycles. The van der Waals surface area contributed by atoms with Crippen LogP contribution in [0.15, 0.2) is 16.8 Å². The maximum atomic E-state index is 6.07. The van der Waals surface area contributed by atoms with Crippen molar-refractivity contribution in [3.8, 4) is 0 Å². The highest BCUT2D eigenvalue weighted by atomic mass is 35.5. The van der Waals surface area contributed by atoms with Crippen LogP contribution in [-0.4, -0.2) is 33.7 Å². The molecule has 3 rings (SSSR count). The normalized spacial score (nSPS) is 24.7. The van der Waals surface area contributed by atoms with Crippen LogP contribution in [0.3, 0.4) is 0 Å². The molecule has 1 saturated heterocycles. The van der Waals surface area contributed by atoms with Gasteiger partial charge in [0.25, 0.3) is 0 Å². The molecular weight excluding hydrogens is 302 g/mol. The summed E-state index contributed by atoms with van der Waals surface area (Å²) in [5.41, 5.74) is 2.12. The summed E-state index contributed by atoms with van der Waals surface area (Å²) < 4.78 is 10.6. The van der Waals surface area contributed by atoms with E-state index in [1.54, 1.807) is 11.3 Å². The van der Waals surface area contributed by atoms with Crippen molar-refractivity contribution in [3.63, 3.8) is 0 Å². The van der Waals surface area contributed by atoms with Crippen molar-refractivity contribution in [3.05, 3.63) is 32.4 Å². The van der Waals surface area contributed by atoms with Gasteiger partial charge >= 0.3 is 0 Å². The van der Waals surface area contributed by atoms with Crippen LogP contribution < -0.4 is 0 Å². The molecule has 2 aromatic heterocycles. The van der Waals surface area contributed by atoms with E-state index < -0.39 is 0 Å². The highest BCUT2D eigenvalue weighted by Gasteiger charge is 2.27. The van der Waals surface area contributed by atoms with Gasteiger partial charge in [-0.25, -0.2) is 0 Å². The molecule has 4 nitrogen and oxygen atoms in total.